The van der Waals surface area contributed by atoms with E-state index in [1.165, 1.54) is 30.5 Å². The quantitative estimate of drug-likeness (QED) is 0.634. The Bertz CT molecular complexity index is 276. The molecule has 0 bridgehead atoms. The topological polar surface area (TPSA) is 3.24 Å². The Kier molecular flexibility index (Phi) is 2.36. The van der Waals surface area contributed by atoms with Gasteiger partial charge >= 0.3 is 0 Å². The van der Waals surface area contributed by atoms with E-state index in [1.54, 1.807) is 0 Å². The molecule has 0 aliphatic carbocycles. The van der Waals surface area contributed by atoms with E-state index in [0.717, 1.165) is 0 Å². The number of rotatable bonds is 1. The Balaban J connectivity index is 2.20. The van der Waals surface area contributed by atoms with Crippen LogP contribution in [0.3, 0.4) is 0 Å². The number of aryl methyl sites for hydroxylation is 1. The molecule has 1 fully saturated rings. The van der Waals surface area contributed by atoms with E-state index in [1.807, 2.05) is 0 Å². The highest BCUT2D eigenvalue weighted by Crippen LogP contribution is 2.29. The van der Waals surface area contributed by atoms with Crippen molar-refractivity contribution in [1.29, 1.82) is 0 Å². The fourth-order valence-corrected chi connectivity index (χ4v) is 2.12. The average molecular weight is 175 g/mol. The van der Waals surface area contributed by atoms with Crippen LogP contribution in [0.5, 0.6) is 0 Å². The maximum Gasteiger partial charge on any atom is 0.0345 e. The van der Waals surface area contributed by atoms with Gasteiger partial charge in [-0.2, -0.15) is 0 Å². The van der Waals surface area contributed by atoms with Gasteiger partial charge in [0.25, 0.3) is 0 Å². The standard InChI is InChI=1S/C12H17N/c1-10-5-7-11(8-6-10)12-4-3-9-13(12)2/h5-8,12H,3-4,9H2,1-2H3/t12-/m1/s1. The molecular formula is C12H17N. The van der Waals surface area contributed by atoms with Gasteiger partial charge in [0.2, 0.25) is 0 Å². The second kappa shape index (κ2) is 3.51. The number of benzene rings is 1. The van der Waals surface area contributed by atoms with Crippen LogP contribution in [0.1, 0.15) is 30.0 Å². The summed E-state index contributed by atoms with van der Waals surface area (Å²) in [6.45, 7) is 3.39. The first-order valence-electron chi connectivity index (χ1n) is 5.04. The fourth-order valence-electron chi connectivity index (χ4n) is 2.12. The summed E-state index contributed by atoms with van der Waals surface area (Å²) in [5.41, 5.74) is 2.83. The molecule has 1 heterocycles. The maximum atomic E-state index is 2.45. The predicted octanol–water partition coefficient (Wildman–Crippen LogP) is 2.76. The highest BCUT2D eigenvalue weighted by molar-refractivity contribution is 5.24. The molecule has 1 aromatic carbocycles. The van der Waals surface area contributed by atoms with Crippen molar-refractivity contribution in [3.8, 4) is 0 Å². The summed E-state index contributed by atoms with van der Waals surface area (Å²) in [5, 5.41) is 0. The Hall–Kier alpha value is -0.820. The zero-order valence-corrected chi connectivity index (χ0v) is 8.46. The van der Waals surface area contributed by atoms with Crippen molar-refractivity contribution in [3.63, 3.8) is 0 Å². The van der Waals surface area contributed by atoms with Crippen LogP contribution in [0, 0.1) is 6.92 Å². The normalized spacial score (nSPS) is 23.7. The van der Waals surface area contributed by atoms with Crippen LogP contribution < -0.4 is 0 Å². The van der Waals surface area contributed by atoms with Crippen molar-refractivity contribution in [3.05, 3.63) is 35.4 Å². The fraction of sp³-hybridized carbons (Fsp3) is 0.500. The molecule has 70 valence electrons. The Morgan fingerprint density at radius 3 is 2.46 bits per heavy atom. The van der Waals surface area contributed by atoms with Crippen molar-refractivity contribution in [2.24, 2.45) is 0 Å². The molecule has 1 aliphatic rings. The SMILES string of the molecule is Cc1ccc([C@H]2CCCN2C)cc1. The third-order valence-electron chi connectivity index (χ3n) is 2.98. The van der Waals surface area contributed by atoms with Gasteiger partial charge in [-0.05, 0) is 38.9 Å². The molecule has 0 N–H and O–H groups in total. The first-order chi connectivity index (χ1) is 6.27. The molecule has 0 unspecified atom stereocenters. The van der Waals surface area contributed by atoms with Gasteiger partial charge in [-0.1, -0.05) is 29.8 Å². The minimum absolute atomic E-state index is 0.667. The molecule has 1 atom stereocenters. The van der Waals surface area contributed by atoms with Gasteiger partial charge in [0.05, 0.1) is 0 Å². The van der Waals surface area contributed by atoms with Crippen LogP contribution in [0.4, 0.5) is 0 Å². The highest BCUT2D eigenvalue weighted by Gasteiger charge is 2.21. The van der Waals surface area contributed by atoms with E-state index in [4.69, 9.17) is 0 Å². The van der Waals surface area contributed by atoms with Gasteiger partial charge in [-0.3, -0.25) is 4.90 Å². The van der Waals surface area contributed by atoms with Crippen LogP contribution in [0.25, 0.3) is 0 Å². The minimum atomic E-state index is 0.667. The number of hydrogen-bond acceptors (Lipinski definition) is 1. The van der Waals surface area contributed by atoms with Crippen molar-refractivity contribution < 1.29 is 0 Å². The van der Waals surface area contributed by atoms with Gasteiger partial charge in [0.15, 0.2) is 0 Å². The summed E-state index contributed by atoms with van der Waals surface area (Å²) in [4.78, 5) is 2.45. The van der Waals surface area contributed by atoms with Crippen LogP contribution >= 0.6 is 0 Å². The van der Waals surface area contributed by atoms with Gasteiger partial charge in [-0.25, -0.2) is 0 Å². The highest BCUT2D eigenvalue weighted by atomic mass is 15.1. The van der Waals surface area contributed by atoms with E-state index < -0.39 is 0 Å². The molecular weight excluding hydrogens is 158 g/mol. The van der Waals surface area contributed by atoms with E-state index in [0.29, 0.717) is 6.04 Å². The zero-order valence-electron chi connectivity index (χ0n) is 8.46. The lowest BCUT2D eigenvalue weighted by molar-refractivity contribution is 0.317. The van der Waals surface area contributed by atoms with Gasteiger partial charge in [-0.15, -0.1) is 0 Å². The molecule has 1 aliphatic heterocycles. The molecule has 0 amide bonds. The monoisotopic (exact) mass is 175 g/mol. The molecule has 0 saturated carbocycles. The van der Waals surface area contributed by atoms with E-state index in [-0.39, 0.29) is 0 Å². The lowest BCUT2D eigenvalue weighted by Crippen LogP contribution is -2.17. The molecule has 13 heavy (non-hydrogen) atoms. The molecule has 1 aromatic rings. The molecule has 1 saturated heterocycles. The Labute approximate surface area is 80.4 Å². The lowest BCUT2D eigenvalue weighted by Gasteiger charge is -2.19. The van der Waals surface area contributed by atoms with E-state index >= 15 is 0 Å². The summed E-state index contributed by atoms with van der Waals surface area (Å²) < 4.78 is 0. The third-order valence-corrected chi connectivity index (χ3v) is 2.98. The van der Waals surface area contributed by atoms with Crippen molar-refractivity contribution >= 4 is 0 Å². The molecule has 0 spiro atoms. The summed E-state index contributed by atoms with van der Waals surface area (Å²) in [7, 11) is 2.22. The molecule has 0 radical (unpaired) electrons. The molecule has 2 rings (SSSR count). The molecule has 0 aromatic heterocycles. The van der Waals surface area contributed by atoms with Crippen LogP contribution in [0.15, 0.2) is 24.3 Å². The largest absolute Gasteiger partial charge is 0.299 e. The van der Waals surface area contributed by atoms with Crippen molar-refractivity contribution in [2.45, 2.75) is 25.8 Å². The van der Waals surface area contributed by atoms with Crippen molar-refractivity contribution in [2.75, 3.05) is 13.6 Å². The average Bonchev–Trinajstić information content (AvgIpc) is 2.53. The third kappa shape index (κ3) is 1.75. The summed E-state index contributed by atoms with van der Waals surface area (Å²) in [6.07, 6.45) is 2.66. The predicted molar refractivity (Wildman–Crippen MR) is 55.8 cm³/mol. The minimum Gasteiger partial charge on any atom is -0.299 e. The van der Waals surface area contributed by atoms with E-state index in [9.17, 15) is 0 Å². The maximum absolute atomic E-state index is 2.45. The van der Waals surface area contributed by atoms with E-state index in [2.05, 4.69) is 43.1 Å². The Morgan fingerprint density at radius 2 is 1.92 bits per heavy atom. The van der Waals surface area contributed by atoms with Crippen LogP contribution in [0.2, 0.25) is 0 Å². The van der Waals surface area contributed by atoms with Gasteiger partial charge in [0.1, 0.15) is 0 Å². The first kappa shape index (κ1) is 8.76. The first-order valence-corrected chi connectivity index (χ1v) is 5.04. The smallest absolute Gasteiger partial charge is 0.0345 e. The van der Waals surface area contributed by atoms with Gasteiger partial charge in [0, 0.05) is 6.04 Å². The summed E-state index contributed by atoms with van der Waals surface area (Å²) >= 11 is 0. The lowest BCUT2D eigenvalue weighted by atomic mass is 10.0. The second-order valence-electron chi connectivity index (χ2n) is 4.05. The molecule has 1 nitrogen and oxygen atoms in total. The molecule has 1 heteroatoms. The van der Waals surface area contributed by atoms with Crippen LogP contribution in [-0.2, 0) is 0 Å². The van der Waals surface area contributed by atoms with Crippen molar-refractivity contribution in [1.82, 2.24) is 4.90 Å². The summed E-state index contributed by atoms with van der Waals surface area (Å²) in [6, 6.07) is 9.62. The zero-order chi connectivity index (χ0) is 9.26. The number of hydrogen-bond donors (Lipinski definition) is 0. The Morgan fingerprint density at radius 1 is 1.23 bits per heavy atom. The number of likely N-dealkylation sites (tertiary alicyclic amines) is 1. The van der Waals surface area contributed by atoms with Crippen LogP contribution in [-0.4, -0.2) is 18.5 Å². The number of nitrogens with zero attached hydrogens (tertiary/aromatic N) is 1. The van der Waals surface area contributed by atoms with Gasteiger partial charge < -0.3 is 0 Å². The second-order valence-corrected chi connectivity index (χ2v) is 4.05. The summed E-state index contributed by atoms with van der Waals surface area (Å²) in [5.74, 6) is 0.